The summed E-state index contributed by atoms with van der Waals surface area (Å²) in [6.45, 7) is 7.94. The van der Waals surface area contributed by atoms with Crippen LogP contribution in [0.5, 0.6) is 11.6 Å². The van der Waals surface area contributed by atoms with Gasteiger partial charge in [-0.3, -0.25) is 0 Å². The first-order chi connectivity index (χ1) is 8.99. The first kappa shape index (κ1) is 13.3. The number of rotatable bonds is 3. The maximum Gasteiger partial charge on any atom is 0.227 e. The van der Waals surface area contributed by atoms with Gasteiger partial charge in [0.25, 0.3) is 0 Å². The zero-order valence-electron chi connectivity index (χ0n) is 11.8. The average molecular weight is 257 g/mol. The minimum absolute atomic E-state index is 0.478. The van der Waals surface area contributed by atoms with Crippen LogP contribution in [0, 0.1) is 20.8 Å². The molecule has 0 aliphatic rings. The molecule has 0 bridgehead atoms. The smallest absolute Gasteiger partial charge is 0.227 e. The predicted molar refractivity (Wildman–Crippen MR) is 76.5 cm³/mol. The topological polar surface area (TPSA) is 61.0 Å². The Kier molecular flexibility index (Phi) is 3.69. The zero-order valence-corrected chi connectivity index (χ0v) is 11.8. The molecule has 1 aromatic carbocycles. The van der Waals surface area contributed by atoms with E-state index < -0.39 is 0 Å². The molecule has 19 heavy (non-hydrogen) atoms. The molecule has 2 aromatic rings. The second kappa shape index (κ2) is 5.26. The van der Waals surface area contributed by atoms with Crippen LogP contribution in [0.1, 0.15) is 29.4 Å². The number of hydrogen-bond acceptors (Lipinski definition) is 4. The third-order valence-electron chi connectivity index (χ3n) is 2.91. The molecule has 0 radical (unpaired) electrons. The molecular formula is C15H19N3O. The summed E-state index contributed by atoms with van der Waals surface area (Å²) in [5.74, 6) is 2.49. The van der Waals surface area contributed by atoms with Crippen LogP contribution >= 0.6 is 0 Å². The molecule has 0 spiro atoms. The fourth-order valence-electron chi connectivity index (χ4n) is 1.92. The zero-order chi connectivity index (χ0) is 14.0. The highest BCUT2D eigenvalue weighted by molar-refractivity contribution is 5.46. The summed E-state index contributed by atoms with van der Waals surface area (Å²) < 4.78 is 5.86. The lowest BCUT2D eigenvalue weighted by atomic mass is 10.1. The maximum atomic E-state index is 5.88. The Labute approximate surface area is 113 Å². The highest BCUT2D eigenvalue weighted by Gasteiger charge is 2.10. The molecule has 0 amide bonds. The molecule has 0 atom stereocenters. The van der Waals surface area contributed by atoms with Crippen LogP contribution in [0.2, 0.25) is 0 Å². The van der Waals surface area contributed by atoms with Crippen molar-refractivity contribution in [2.24, 2.45) is 0 Å². The van der Waals surface area contributed by atoms with Gasteiger partial charge in [-0.05, 0) is 44.0 Å². The Bertz CT molecular complexity index is 588. The molecule has 2 N–H and O–H groups in total. The van der Waals surface area contributed by atoms with Crippen molar-refractivity contribution < 1.29 is 4.74 Å². The van der Waals surface area contributed by atoms with E-state index in [1.807, 2.05) is 39.8 Å². The third-order valence-corrected chi connectivity index (χ3v) is 2.91. The van der Waals surface area contributed by atoms with E-state index in [-0.39, 0.29) is 0 Å². The Hall–Kier alpha value is -2.10. The lowest BCUT2D eigenvalue weighted by molar-refractivity contribution is 0.454. The van der Waals surface area contributed by atoms with Crippen LogP contribution in [0.25, 0.3) is 0 Å². The minimum atomic E-state index is 0.478. The largest absolute Gasteiger partial charge is 0.439 e. The summed E-state index contributed by atoms with van der Waals surface area (Å²) in [4.78, 5) is 8.61. The van der Waals surface area contributed by atoms with Gasteiger partial charge in [-0.1, -0.05) is 13.0 Å². The standard InChI is InChI=1S/C15H19N3O/c1-5-13-17-14(16)11(4)15(18-13)19-12-7-9(2)6-10(3)8-12/h6-8H,5H2,1-4H3,(H2,16,17,18). The van der Waals surface area contributed by atoms with Crippen LogP contribution in [0.3, 0.4) is 0 Å². The molecule has 1 heterocycles. The monoisotopic (exact) mass is 257 g/mol. The molecule has 1 aromatic heterocycles. The number of ether oxygens (including phenoxy) is 1. The van der Waals surface area contributed by atoms with E-state index in [2.05, 4.69) is 16.0 Å². The fourth-order valence-corrected chi connectivity index (χ4v) is 1.92. The number of benzene rings is 1. The number of hydrogen-bond donors (Lipinski definition) is 1. The van der Waals surface area contributed by atoms with Gasteiger partial charge in [-0.15, -0.1) is 0 Å². The van der Waals surface area contributed by atoms with Crippen molar-refractivity contribution in [1.29, 1.82) is 0 Å². The quantitative estimate of drug-likeness (QED) is 0.916. The van der Waals surface area contributed by atoms with Crippen LogP contribution in [0.4, 0.5) is 5.82 Å². The van der Waals surface area contributed by atoms with Gasteiger partial charge in [0.1, 0.15) is 17.4 Å². The summed E-state index contributed by atoms with van der Waals surface area (Å²) in [6.07, 6.45) is 0.730. The molecule has 0 saturated heterocycles. The van der Waals surface area contributed by atoms with Crippen LogP contribution in [0.15, 0.2) is 18.2 Å². The molecular weight excluding hydrogens is 238 g/mol. The maximum absolute atomic E-state index is 5.88. The number of aromatic nitrogens is 2. The molecule has 100 valence electrons. The Morgan fingerprint density at radius 1 is 1.05 bits per heavy atom. The first-order valence-corrected chi connectivity index (χ1v) is 6.38. The molecule has 0 saturated carbocycles. The molecule has 4 nitrogen and oxygen atoms in total. The summed E-state index contributed by atoms with van der Waals surface area (Å²) in [5.41, 5.74) is 8.97. The number of nitrogen functional groups attached to an aromatic ring is 1. The van der Waals surface area contributed by atoms with Crippen molar-refractivity contribution >= 4 is 5.82 Å². The Balaban J connectivity index is 2.39. The van der Waals surface area contributed by atoms with Crippen molar-refractivity contribution in [2.45, 2.75) is 34.1 Å². The highest BCUT2D eigenvalue weighted by atomic mass is 16.5. The van der Waals surface area contributed by atoms with E-state index in [4.69, 9.17) is 10.5 Å². The molecule has 4 heteroatoms. The fraction of sp³-hybridized carbons (Fsp3) is 0.333. The van der Waals surface area contributed by atoms with Gasteiger partial charge in [0.05, 0.1) is 5.56 Å². The van der Waals surface area contributed by atoms with E-state index in [0.717, 1.165) is 28.9 Å². The normalized spacial score (nSPS) is 10.5. The van der Waals surface area contributed by atoms with E-state index in [9.17, 15) is 0 Å². The van der Waals surface area contributed by atoms with E-state index >= 15 is 0 Å². The lowest BCUT2D eigenvalue weighted by Crippen LogP contribution is -2.04. The van der Waals surface area contributed by atoms with Gasteiger partial charge in [-0.25, -0.2) is 4.98 Å². The molecule has 0 unspecified atom stereocenters. The Morgan fingerprint density at radius 2 is 1.68 bits per heavy atom. The van der Waals surface area contributed by atoms with E-state index in [1.165, 1.54) is 0 Å². The highest BCUT2D eigenvalue weighted by Crippen LogP contribution is 2.27. The van der Waals surface area contributed by atoms with Gasteiger partial charge in [0, 0.05) is 6.42 Å². The van der Waals surface area contributed by atoms with Crippen molar-refractivity contribution in [3.05, 3.63) is 40.7 Å². The van der Waals surface area contributed by atoms with Gasteiger partial charge >= 0.3 is 0 Å². The second-order valence-electron chi connectivity index (χ2n) is 4.73. The molecule has 2 rings (SSSR count). The van der Waals surface area contributed by atoms with Gasteiger partial charge in [0.2, 0.25) is 5.88 Å². The van der Waals surface area contributed by atoms with Crippen LogP contribution in [-0.2, 0) is 6.42 Å². The third kappa shape index (κ3) is 3.02. The van der Waals surface area contributed by atoms with Gasteiger partial charge < -0.3 is 10.5 Å². The van der Waals surface area contributed by atoms with Crippen molar-refractivity contribution in [2.75, 3.05) is 5.73 Å². The Morgan fingerprint density at radius 3 is 2.26 bits per heavy atom. The van der Waals surface area contributed by atoms with E-state index in [1.54, 1.807) is 0 Å². The SMILES string of the molecule is CCc1nc(N)c(C)c(Oc2cc(C)cc(C)c2)n1. The second-order valence-corrected chi connectivity index (χ2v) is 4.73. The number of anilines is 1. The summed E-state index contributed by atoms with van der Waals surface area (Å²) in [5, 5.41) is 0. The van der Waals surface area contributed by atoms with E-state index in [0.29, 0.717) is 17.5 Å². The molecule has 0 aliphatic carbocycles. The number of nitrogens with two attached hydrogens (primary N) is 1. The summed E-state index contributed by atoms with van der Waals surface area (Å²) in [7, 11) is 0. The average Bonchev–Trinajstić information content (AvgIpc) is 2.33. The lowest BCUT2D eigenvalue weighted by Gasteiger charge is -2.11. The minimum Gasteiger partial charge on any atom is -0.439 e. The van der Waals surface area contributed by atoms with Crippen LogP contribution < -0.4 is 10.5 Å². The van der Waals surface area contributed by atoms with Crippen molar-refractivity contribution in [3.8, 4) is 11.6 Å². The molecule has 0 fully saturated rings. The van der Waals surface area contributed by atoms with Gasteiger partial charge in [-0.2, -0.15) is 4.98 Å². The predicted octanol–water partition coefficient (Wildman–Crippen LogP) is 3.34. The number of nitrogens with zero attached hydrogens (tertiary/aromatic N) is 2. The summed E-state index contributed by atoms with van der Waals surface area (Å²) in [6, 6.07) is 6.07. The van der Waals surface area contributed by atoms with Crippen molar-refractivity contribution in [1.82, 2.24) is 9.97 Å². The first-order valence-electron chi connectivity index (χ1n) is 6.38. The van der Waals surface area contributed by atoms with Crippen molar-refractivity contribution in [3.63, 3.8) is 0 Å². The van der Waals surface area contributed by atoms with Crippen LogP contribution in [-0.4, -0.2) is 9.97 Å². The molecule has 0 aliphatic heterocycles. The summed E-state index contributed by atoms with van der Waals surface area (Å²) >= 11 is 0. The van der Waals surface area contributed by atoms with Gasteiger partial charge in [0.15, 0.2) is 0 Å². The number of aryl methyl sites for hydroxylation is 3.